The van der Waals surface area contributed by atoms with Gasteiger partial charge < -0.3 is 16.0 Å². The van der Waals surface area contributed by atoms with Gasteiger partial charge in [0.25, 0.3) is 0 Å². The quantitative estimate of drug-likeness (QED) is 0.872. The highest BCUT2D eigenvalue weighted by Crippen LogP contribution is 2.29. The topological polar surface area (TPSA) is 75.4 Å². The van der Waals surface area contributed by atoms with Crippen molar-refractivity contribution in [2.45, 2.75) is 6.92 Å². The monoisotopic (exact) mass is 317 g/mol. The third kappa shape index (κ3) is 4.37. The van der Waals surface area contributed by atoms with Crippen LogP contribution in [0.1, 0.15) is 6.92 Å². The molecule has 0 aliphatic carbocycles. The van der Waals surface area contributed by atoms with Crippen LogP contribution in [0, 0.1) is 5.92 Å². The summed E-state index contributed by atoms with van der Waals surface area (Å²) in [5.74, 6) is -0.885. The van der Waals surface area contributed by atoms with Crippen molar-refractivity contribution in [1.29, 1.82) is 0 Å². The summed E-state index contributed by atoms with van der Waals surface area (Å²) in [5.41, 5.74) is 5.76. The lowest BCUT2D eigenvalue weighted by Gasteiger charge is -2.20. The molecular formula is C13H17Cl2N3O2. The molecule has 1 atom stereocenters. The van der Waals surface area contributed by atoms with Crippen molar-refractivity contribution in [3.63, 3.8) is 0 Å². The maximum atomic E-state index is 11.9. The maximum absolute atomic E-state index is 11.9. The number of nitrogens with zero attached hydrogens (tertiary/aromatic N) is 1. The molecule has 0 bridgehead atoms. The molecule has 1 rings (SSSR count). The molecule has 0 saturated heterocycles. The third-order valence-electron chi connectivity index (χ3n) is 2.76. The Morgan fingerprint density at radius 3 is 2.40 bits per heavy atom. The van der Waals surface area contributed by atoms with Gasteiger partial charge in [-0.2, -0.15) is 0 Å². The van der Waals surface area contributed by atoms with Crippen LogP contribution in [0.3, 0.4) is 0 Å². The Balaban J connectivity index is 2.67. The van der Waals surface area contributed by atoms with Gasteiger partial charge in [0.2, 0.25) is 11.8 Å². The Hall–Kier alpha value is -1.30. The summed E-state index contributed by atoms with van der Waals surface area (Å²) in [5, 5.41) is 3.28. The second-order valence-electron chi connectivity index (χ2n) is 4.48. The van der Waals surface area contributed by atoms with Crippen LogP contribution in [0.15, 0.2) is 18.2 Å². The molecule has 0 aliphatic rings. The summed E-state index contributed by atoms with van der Waals surface area (Å²) >= 11 is 11.9. The van der Waals surface area contributed by atoms with Crippen molar-refractivity contribution < 1.29 is 9.59 Å². The molecule has 1 aromatic carbocycles. The zero-order chi connectivity index (χ0) is 15.3. The van der Waals surface area contributed by atoms with Crippen LogP contribution in [0.2, 0.25) is 10.0 Å². The van der Waals surface area contributed by atoms with E-state index in [-0.39, 0.29) is 30.8 Å². The van der Waals surface area contributed by atoms with Gasteiger partial charge in [-0.25, -0.2) is 0 Å². The van der Waals surface area contributed by atoms with Gasteiger partial charge in [-0.05, 0) is 12.1 Å². The highest BCUT2D eigenvalue weighted by Gasteiger charge is 2.19. The Kier molecular flexibility index (Phi) is 6.26. The van der Waals surface area contributed by atoms with Crippen LogP contribution in [0.5, 0.6) is 0 Å². The summed E-state index contributed by atoms with van der Waals surface area (Å²) in [7, 11) is 1.54. The van der Waals surface area contributed by atoms with E-state index in [2.05, 4.69) is 5.32 Å². The molecule has 0 spiro atoms. The van der Waals surface area contributed by atoms with Gasteiger partial charge in [0.15, 0.2) is 0 Å². The van der Waals surface area contributed by atoms with Gasteiger partial charge in [-0.1, -0.05) is 36.2 Å². The molecule has 0 aromatic heterocycles. The first kappa shape index (κ1) is 16.8. The van der Waals surface area contributed by atoms with Crippen molar-refractivity contribution in [3.8, 4) is 0 Å². The summed E-state index contributed by atoms with van der Waals surface area (Å²) in [6, 6.07) is 4.92. The second-order valence-corrected chi connectivity index (χ2v) is 5.29. The lowest BCUT2D eigenvalue weighted by molar-refractivity contribution is -0.136. The minimum Gasteiger partial charge on any atom is -0.336 e. The van der Waals surface area contributed by atoms with Crippen molar-refractivity contribution in [1.82, 2.24) is 4.90 Å². The lowest BCUT2D eigenvalue weighted by Crippen LogP contribution is -2.39. The van der Waals surface area contributed by atoms with Gasteiger partial charge in [0, 0.05) is 19.5 Å². The van der Waals surface area contributed by atoms with E-state index in [9.17, 15) is 9.59 Å². The number of para-hydroxylation sites is 1. The highest BCUT2D eigenvalue weighted by molar-refractivity contribution is 6.39. The molecule has 5 nitrogen and oxygen atoms in total. The molecule has 3 N–H and O–H groups in total. The Labute approximate surface area is 128 Å². The predicted octanol–water partition coefficient (Wildman–Crippen LogP) is 1.99. The first-order valence-electron chi connectivity index (χ1n) is 6.05. The smallest absolute Gasteiger partial charge is 0.244 e. The molecule has 7 heteroatoms. The van der Waals surface area contributed by atoms with Crippen molar-refractivity contribution in [2.75, 3.05) is 25.5 Å². The molecule has 0 fully saturated rings. The van der Waals surface area contributed by atoms with Crippen molar-refractivity contribution in [3.05, 3.63) is 28.2 Å². The molecule has 110 valence electrons. The van der Waals surface area contributed by atoms with E-state index in [1.54, 1.807) is 32.2 Å². The Morgan fingerprint density at radius 1 is 1.35 bits per heavy atom. The maximum Gasteiger partial charge on any atom is 0.244 e. The number of carbonyl (C=O) groups is 2. The molecule has 20 heavy (non-hydrogen) atoms. The highest BCUT2D eigenvalue weighted by atomic mass is 35.5. The SMILES string of the molecule is CC(CN)C(=O)N(C)CC(=O)Nc1c(Cl)cccc1Cl. The number of benzene rings is 1. The summed E-state index contributed by atoms with van der Waals surface area (Å²) in [4.78, 5) is 25.0. The van der Waals surface area contributed by atoms with E-state index in [1.165, 1.54) is 4.90 Å². The summed E-state index contributed by atoms with van der Waals surface area (Å²) in [6.07, 6.45) is 0. The fraction of sp³-hybridized carbons (Fsp3) is 0.385. The van der Waals surface area contributed by atoms with Crippen LogP contribution < -0.4 is 11.1 Å². The number of anilines is 1. The first-order valence-corrected chi connectivity index (χ1v) is 6.81. The average molecular weight is 318 g/mol. The van der Waals surface area contributed by atoms with Crippen LogP contribution in [0.4, 0.5) is 5.69 Å². The van der Waals surface area contributed by atoms with Crippen LogP contribution >= 0.6 is 23.2 Å². The van der Waals surface area contributed by atoms with Crippen molar-refractivity contribution >= 4 is 40.7 Å². The van der Waals surface area contributed by atoms with Gasteiger partial charge >= 0.3 is 0 Å². The number of hydrogen-bond acceptors (Lipinski definition) is 3. The molecule has 0 heterocycles. The molecule has 0 aliphatic heterocycles. The minimum absolute atomic E-state index is 0.0925. The van der Waals surface area contributed by atoms with Crippen LogP contribution in [-0.4, -0.2) is 36.9 Å². The van der Waals surface area contributed by atoms with Crippen LogP contribution in [0.25, 0.3) is 0 Å². The van der Waals surface area contributed by atoms with E-state index in [4.69, 9.17) is 28.9 Å². The Morgan fingerprint density at radius 2 is 1.90 bits per heavy atom. The molecule has 0 saturated carbocycles. The van der Waals surface area contributed by atoms with Gasteiger partial charge in [-0.3, -0.25) is 9.59 Å². The predicted molar refractivity (Wildman–Crippen MR) is 80.9 cm³/mol. The Bertz CT molecular complexity index is 488. The van der Waals surface area contributed by atoms with E-state index >= 15 is 0 Å². The van der Waals surface area contributed by atoms with E-state index in [0.29, 0.717) is 15.7 Å². The largest absolute Gasteiger partial charge is 0.336 e. The summed E-state index contributed by atoms with van der Waals surface area (Å²) < 4.78 is 0. The first-order chi connectivity index (χ1) is 9.36. The van der Waals surface area contributed by atoms with E-state index in [1.807, 2.05) is 0 Å². The van der Waals surface area contributed by atoms with E-state index < -0.39 is 0 Å². The molecular weight excluding hydrogens is 301 g/mol. The standard InChI is InChI=1S/C13H17Cl2N3O2/c1-8(6-16)13(20)18(2)7-11(19)17-12-9(14)4-3-5-10(12)15/h3-5,8H,6-7,16H2,1-2H3,(H,17,19). The number of nitrogens with one attached hydrogen (secondary N) is 1. The molecule has 1 aromatic rings. The number of halogens is 2. The zero-order valence-corrected chi connectivity index (χ0v) is 12.8. The number of carbonyl (C=O) groups excluding carboxylic acids is 2. The summed E-state index contributed by atoms with van der Waals surface area (Å²) in [6.45, 7) is 1.85. The molecule has 2 amide bonds. The van der Waals surface area contributed by atoms with Gasteiger partial charge in [-0.15, -0.1) is 0 Å². The zero-order valence-electron chi connectivity index (χ0n) is 11.3. The number of amides is 2. The van der Waals surface area contributed by atoms with Gasteiger partial charge in [0.05, 0.1) is 22.3 Å². The molecule has 0 radical (unpaired) electrons. The second kappa shape index (κ2) is 7.47. The molecule has 1 unspecified atom stereocenters. The van der Waals surface area contributed by atoms with Gasteiger partial charge in [0.1, 0.15) is 0 Å². The average Bonchev–Trinajstić information content (AvgIpc) is 2.41. The van der Waals surface area contributed by atoms with E-state index in [0.717, 1.165) is 0 Å². The third-order valence-corrected chi connectivity index (χ3v) is 3.39. The minimum atomic E-state index is -0.375. The lowest BCUT2D eigenvalue weighted by atomic mass is 10.1. The fourth-order valence-electron chi connectivity index (χ4n) is 1.57. The number of likely N-dealkylation sites (N-methyl/N-ethyl adjacent to an activating group) is 1. The van der Waals surface area contributed by atoms with Crippen molar-refractivity contribution in [2.24, 2.45) is 11.7 Å². The number of nitrogens with two attached hydrogens (primary N) is 1. The fourth-order valence-corrected chi connectivity index (χ4v) is 2.06. The van der Waals surface area contributed by atoms with Crippen LogP contribution in [-0.2, 0) is 9.59 Å². The number of hydrogen-bond donors (Lipinski definition) is 2. The number of rotatable bonds is 5. The normalized spacial score (nSPS) is 11.8.